The number of methoxy groups -OCH3 is 1. The highest BCUT2D eigenvalue weighted by molar-refractivity contribution is 7.99. The Kier molecular flexibility index (Phi) is 4.67. The molecule has 3 heteroatoms. The molecule has 0 saturated heterocycles. The average Bonchev–Trinajstić information content (AvgIpc) is 2.45. The van der Waals surface area contributed by atoms with Gasteiger partial charge in [-0.15, -0.1) is 11.8 Å². The number of ether oxygens (including phenoxy) is 1. The molecule has 0 bridgehead atoms. The lowest BCUT2D eigenvalue weighted by atomic mass is 10.1. The van der Waals surface area contributed by atoms with Gasteiger partial charge in [-0.25, -0.2) is 0 Å². The Labute approximate surface area is 112 Å². The summed E-state index contributed by atoms with van der Waals surface area (Å²) in [6, 6.07) is 16.5. The fourth-order valence-electron chi connectivity index (χ4n) is 1.79. The summed E-state index contributed by atoms with van der Waals surface area (Å²) in [6.07, 6.45) is 0. The molecule has 0 aliphatic heterocycles. The van der Waals surface area contributed by atoms with Gasteiger partial charge >= 0.3 is 0 Å². The Hall–Kier alpha value is -1.45. The van der Waals surface area contributed by atoms with Crippen LogP contribution in [0.1, 0.15) is 0 Å². The summed E-state index contributed by atoms with van der Waals surface area (Å²) in [5.74, 6) is 1.86. The van der Waals surface area contributed by atoms with E-state index in [0.717, 1.165) is 17.1 Å². The van der Waals surface area contributed by atoms with Gasteiger partial charge in [0.25, 0.3) is 0 Å². The third-order valence-electron chi connectivity index (χ3n) is 2.66. The number of para-hydroxylation sites is 1. The van der Waals surface area contributed by atoms with Gasteiger partial charge in [-0.1, -0.05) is 30.3 Å². The first-order valence-electron chi connectivity index (χ1n) is 5.91. The van der Waals surface area contributed by atoms with Crippen molar-refractivity contribution in [3.8, 4) is 16.9 Å². The maximum absolute atomic E-state index is 5.50. The summed E-state index contributed by atoms with van der Waals surface area (Å²) in [7, 11) is 1.70. The van der Waals surface area contributed by atoms with Crippen LogP contribution in [0.15, 0.2) is 53.4 Å². The van der Waals surface area contributed by atoms with E-state index in [1.54, 1.807) is 18.9 Å². The van der Waals surface area contributed by atoms with Gasteiger partial charge in [-0.2, -0.15) is 0 Å². The number of rotatable bonds is 5. The van der Waals surface area contributed by atoms with Gasteiger partial charge < -0.3 is 10.5 Å². The van der Waals surface area contributed by atoms with E-state index in [4.69, 9.17) is 10.5 Å². The molecular weight excluding hydrogens is 242 g/mol. The molecule has 0 radical (unpaired) electrons. The van der Waals surface area contributed by atoms with Crippen molar-refractivity contribution in [3.05, 3.63) is 48.5 Å². The Morgan fingerprint density at radius 1 is 1.06 bits per heavy atom. The first-order valence-corrected chi connectivity index (χ1v) is 6.90. The zero-order valence-corrected chi connectivity index (χ0v) is 11.2. The molecular formula is C15H17NOS. The molecule has 0 fully saturated rings. The van der Waals surface area contributed by atoms with Crippen LogP contribution in [-0.4, -0.2) is 19.4 Å². The van der Waals surface area contributed by atoms with Crippen LogP contribution >= 0.6 is 11.8 Å². The van der Waals surface area contributed by atoms with Crippen LogP contribution in [0.25, 0.3) is 11.1 Å². The minimum absolute atomic E-state index is 0.707. The van der Waals surface area contributed by atoms with Gasteiger partial charge in [0.05, 0.1) is 7.11 Å². The van der Waals surface area contributed by atoms with Crippen LogP contribution in [0.3, 0.4) is 0 Å². The molecule has 0 atom stereocenters. The Balaban J connectivity index is 2.23. The summed E-state index contributed by atoms with van der Waals surface area (Å²) in [4.78, 5) is 1.25. The highest BCUT2D eigenvalue weighted by atomic mass is 32.2. The largest absolute Gasteiger partial charge is 0.496 e. The average molecular weight is 259 g/mol. The lowest BCUT2D eigenvalue weighted by molar-refractivity contribution is 0.416. The highest BCUT2D eigenvalue weighted by Gasteiger charge is 2.04. The van der Waals surface area contributed by atoms with Gasteiger partial charge in [0, 0.05) is 22.8 Å². The van der Waals surface area contributed by atoms with E-state index in [-0.39, 0.29) is 0 Å². The molecule has 0 unspecified atom stereocenters. The number of nitrogens with two attached hydrogens (primary N) is 1. The van der Waals surface area contributed by atoms with E-state index in [1.807, 2.05) is 18.2 Å². The summed E-state index contributed by atoms with van der Waals surface area (Å²) in [6.45, 7) is 0.707. The molecule has 2 aromatic carbocycles. The van der Waals surface area contributed by atoms with Gasteiger partial charge in [-0.3, -0.25) is 0 Å². The summed E-state index contributed by atoms with van der Waals surface area (Å²) in [5, 5.41) is 0. The van der Waals surface area contributed by atoms with Crippen molar-refractivity contribution < 1.29 is 4.74 Å². The number of thioether (sulfide) groups is 1. The van der Waals surface area contributed by atoms with Crippen molar-refractivity contribution in [2.75, 3.05) is 19.4 Å². The fraction of sp³-hybridized carbons (Fsp3) is 0.200. The lowest BCUT2D eigenvalue weighted by Gasteiger charge is -2.08. The predicted molar refractivity (Wildman–Crippen MR) is 78.2 cm³/mol. The Morgan fingerprint density at radius 2 is 1.78 bits per heavy atom. The molecule has 0 spiro atoms. The lowest BCUT2D eigenvalue weighted by Crippen LogP contribution is -2.00. The van der Waals surface area contributed by atoms with Crippen LogP contribution in [0.2, 0.25) is 0 Å². The van der Waals surface area contributed by atoms with Crippen LogP contribution < -0.4 is 10.5 Å². The molecule has 0 saturated carbocycles. The molecule has 2 rings (SSSR count). The zero-order valence-electron chi connectivity index (χ0n) is 10.4. The molecule has 0 aliphatic rings. The second-order valence-electron chi connectivity index (χ2n) is 3.86. The maximum atomic E-state index is 5.50. The third kappa shape index (κ3) is 3.06. The first kappa shape index (κ1) is 13.0. The van der Waals surface area contributed by atoms with Gasteiger partial charge in [0.2, 0.25) is 0 Å². The molecule has 18 heavy (non-hydrogen) atoms. The van der Waals surface area contributed by atoms with Crippen LogP contribution in [0.4, 0.5) is 0 Å². The summed E-state index contributed by atoms with van der Waals surface area (Å²) < 4.78 is 5.37. The number of benzene rings is 2. The van der Waals surface area contributed by atoms with Gasteiger partial charge in [0.15, 0.2) is 0 Å². The molecule has 0 aliphatic carbocycles. The molecule has 0 amide bonds. The first-order chi connectivity index (χ1) is 8.85. The Morgan fingerprint density at radius 3 is 2.44 bits per heavy atom. The van der Waals surface area contributed by atoms with E-state index in [9.17, 15) is 0 Å². The van der Waals surface area contributed by atoms with Crippen LogP contribution in [0, 0.1) is 0 Å². The van der Waals surface area contributed by atoms with Crippen LogP contribution in [0.5, 0.6) is 5.75 Å². The maximum Gasteiger partial charge on any atom is 0.126 e. The van der Waals surface area contributed by atoms with E-state index < -0.39 is 0 Å². The number of hydrogen-bond donors (Lipinski definition) is 1. The highest BCUT2D eigenvalue weighted by Crippen LogP contribution is 2.30. The predicted octanol–water partition coefficient (Wildman–Crippen LogP) is 3.41. The topological polar surface area (TPSA) is 35.2 Å². The minimum Gasteiger partial charge on any atom is -0.496 e. The van der Waals surface area contributed by atoms with Crippen molar-refractivity contribution in [1.82, 2.24) is 0 Å². The quantitative estimate of drug-likeness (QED) is 0.836. The monoisotopic (exact) mass is 259 g/mol. The standard InChI is InChI=1S/C15H17NOS/c1-17-15-5-3-2-4-14(15)12-6-8-13(9-7-12)18-11-10-16/h2-9H,10-11,16H2,1H3. The van der Waals surface area contributed by atoms with E-state index in [2.05, 4.69) is 30.3 Å². The minimum atomic E-state index is 0.707. The van der Waals surface area contributed by atoms with Crippen molar-refractivity contribution >= 4 is 11.8 Å². The van der Waals surface area contributed by atoms with Gasteiger partial charge in [-0.05, 0) is 23.8 Å². The third-order valence-corrected chi connectivity index (χ3v) is 3.70. The molecule has 0 aromatic heterocycles. The summed E-state index contributed by atoms with van der Waals surface area (Å²) in [5.41, 5.74) is 7.79. The van der Waals surface area contributed by atoms with Crippen LogP contribution in [-0.2, 0) is 0 Å². The molecule has 2 N–H and O–H groups in total. The van der Waals surface area contributed by atoms with E-state index >= 15 is 0 Å². The molecule has 94 valence electrons. The van der Waals surface area contributed by atoms with E-state index in [0.29, 0.717) is 6.54 Å². The summed E-state index contributed by atoms with van der Waals surface area (Å²) >= 11 is 1.78. The molecule has 2 aromatic rings. The normalized spacial score (nSPS) is 10.3. The van der Waals surface area contributed by atoms with Crippen molar-refractivity contribution in [1.29, 1.82) is 0 Å². The molecule has 2 nitrogen and oxygen atoms in total. The second kappa shape index (κ2) is 6.47. The fourth-order valence-corrected chi connectivity index (χ4v) is 2.47. The SMILES string of the molecule is COc1ccccc1-c1ccc(SCCN)cc1. The second-order valence-corrected chi connectivity index (χ2v) is 5.03. The number of hydrogen-bond acceptors (Lipinski definition) is 3. The molecule has 0 heterocycles. The Bertz CT molecular complexity index is 496. The van der Waals surface area contributed by atoms with Crippen molar-refractivity contribution in [2.45, 2.75) is 4.90 Å². The van der Waals surface area contributed by atoms with E-state index in [1.165, 1.54) is 10.5 Å². The van der Waals surface area contributed by atoms with Crippen molar-refractivity contribution in [3.63, 3.8) is 0 Å². The zero-order chi connectivity index (χ0) is 12.8. The van der Waals surface area contributed by atoms with Gasteiger partial charge in [0.1, 0.15) is 5.75 Å². The smallest absolute Gasteiger partial charge is 0.126 e. The van der Waals surface area contributed by atoms with Crippen molar-refractivity contribution in [2.24, 2.45) is 5.73 Å².